The van der Waals surface area contributed by atoms with Crippen LogP contribution < -0.4 is 9.50 Å². The van der Waals surface area contributed by atoms with E-state index in [9.17, 15) is 13.2 Å². The average Bonchev–Trinajstić information content (AvgIpc) is 2.68. The van der Waals surface area contributed by atoms with Crippen LogP contribution in [0.1, 0.15) is 43.9 Å². The average molecular weight is 419 g/mol. The Morgan fingerprint density at radius 3 is 2.45 bits per heavy atom. The molecule has 29 heavy (non-hydrogen) atoms. The van der Waals surface area contributed by atoms with Crippen molar-refractivity contribution >= 4 is 21.8 Å². The molecule has 1 atom stereocenters. The summed E-state index contributed by atoms with van der Waals surface area (Å²) in [5.41, 5.74) is 3.82. The summed E-state index contributed by atoms with van der Waals surface area (Å²) in [7, 11) is -3.60. The predicted molar refractivity (Wildman–Crippen MR) is 117 cm³/mol. The molecular formula is C22H30N2O4S. The molecule has 0 aliphatic carbocycles. The monoisotopic (exact) mass is 418 g/mol. The molecule has 0 spiro atoms. The molecule has 0 saturated carbocycles. The lowest BCUT2D eigenvalue weighted by Crippen LogP contribution is -2.40. The van der Waals surface area contributed by atoms with E-state index in [0.29, 0.717) is 6.54 Å². The molecular weight excluding hydrogens is 388 g/mol. The van der Waals surface area contributed by atoms with Gasteiger partial charge in [0.25, 0.3) is 0 Å². The predicted octanol–water partition coefficient (Wildman–Crippen LogP) is 4.86. The van der Waals surface area contributed by atoms with Crippen LogP contribution in [0.25, 0.3) is 0 Å². The van der Waals surface area contributed by atoms with Crippen molar-refractivity contribution < 1.29 is 17.4 Å². The summed E-state index contributed by atoms with van der Waals surface area (Å²) in [5.74, 6) is 0.150. The van der Waals surface area contributed by atoms with Gasteiger partial charge in [-0.1, -0.05) is 25.1 Å². The number of aryl methyl sites for hydroxylation is 2. The largest absolute Gasteiger partial charge is 0.382 e. The minimum atomic E-state index is -3.60. The number of anilines is 1. The van der Waals surface area contributed by atoms with E-state index in [4.69, 9.17) is 4.18 Å². The number of hydrogen-bond donors (Lipinski definition) is 1. The van der Waals surface area contributed by atoms with E-state index in [0.717, 1.165) is 23.2 Å². The van der Waals surface area contributed by atoms with Gasteiger partial charge in [-0.3, -0.25) is 0 Å². The van der Waals surface area contributed by atoms with Crippen LogP contribution >= 0.6 is 0 Å². The number of amides is 2. The summed E-state index contributed by atoms with van der Waals surface area (Å²) in [4.78, 5) is 14.7. The van der Waals surface area contributed by atoms with E-state index in [2.05, 4.69) is 5.32 Å². The molecule has 7 heteroatoms. The van der Waals surface area contributed by atoms with Crippen LogP contribution in [0.15, 0.2) is 42.5 Å². The fourth-order valence-electron chi connectivity index (χ4n) is 2.76. The second kappa shape index (κ2) is 9.78. The van der Waals surface area contributed by atoms with E-state index in [1.165, 1.54) is 12.5 Å². The molecule has 2 amide bonds. The second-order valence-corrected chi connectivity index (χ2v) is 9.05. The summed E-state index contributed by atoms with van der Waals surface area (Å²) in [6.45, 7) is 9.92. The molecule has 1 N–H and O–H groups in total. The Bertz CT molecular complexity index is 957. The molecule has 0 radical (unpaired) electrons. The number of carbonyl (C=O) groups excluding carboxylic acids is 1. The number of nitrogens with zero attached hydrogens (tertiary/aromatic N) is 1. The summed E-state index contributed by atoms with van der Waals surface area (Å²) in [5, 5.41) is 2.97. The zero-order chi connectivity index (χ0) is 21.6. The maximum absolute atomic E-state index is 13.0. The molecule has 0 aromatic heterocycles. The molecule has 158 valence electrons. The molecule has 0 aliphatic rings. The quantitative estimate of drug-likeness (QED) is 0.621. The lowest BCUT2D eigenvalue weighted by molar-refractivity contribution is 0.187. The Morgan fingerprint density at radius 1 is 1.10 bits per heavy atom. The third-order valence-electron chi connectivity index (χ3n) is 4.97. The van der Waals surface area contributed by atoms with Gasteiger partial charge in [-0.2, -0.15) is 8.42 Å². The molecule has 6 nitrogen and oxygen atoms in total. The Balaban J connectivity index is 2.20. The highest BCUT2D eigenvalue weighted by molar-refractivity contribution is 7.87. The third-order valence-corrected chi connectivity index (χ3v) is 6.12. The molecule has 2 aromatic carbocycles. The molecule has 2 rings (SSSR count). The first kappa shape index (κ1) is 22.7. The van der Waals surface area contributed by atoms with Gasteiger partial charge in [-0.15, -0.1) is 0 Å². The summed E-state index contributed by atoms with van der Waals surface area (Å²) in [6.07, 6.45) is 0.792. The molecule has 2 aromatic rings. The zero-order valence-electron chi connectivity index (χ0n) is 17.7. The number of hydrogen-bond acceptors (Lipinski definition) is 4. The van der Waals surface area contributed by atoms with Crippen LogP contribution in [0.3, 0.4) is 0 Å². The van der Waals surface area contributed by atoms with E-state index in [1.807, 2.05) is 52.0 Å². The first-order valence-electron chi connectivity index (χ1n) is 9.81. The van der Waals surface area contributed by atoms with Gasteiger partial charge in [-0.05, 0) is 75.1 Å². The van der Waals surface area contributed by atoms with E-state index >= 15 is 0 Å². The molecule has 0 bridgehead atoms. The maximum atomic E-state index is 13.0. The Hall–Kier alpha value is -2.54. The number of benzene rings is 2. The van der Waals surface area contributed by atoms with E-state index in [1.54, 1.807) is 23.1 Å². The molecule has 0 unspecified atom stereocenters. The highest BCUT2D eigenvalue weighted by atomic mass is 32.2. The van der Waals surface area contributed by atoms with Gasteiger partial charge >= 0.3 is 16.1 Å². The Morgan fingerprint density at radius 2 is 1.83 bits per heavy atom. The topological polar surface area (TPSA) is 75.7 Å². The van der Waals surface area contributed by atoms with Gasteiger partial charge in [-0.25, -0.2) is 4.79 Å². The standard InChI is InChI=1S/C22H30N2O4S/c1-6-18(5)24(22(25)23-20-12-11-16(3)17(4)13-20)15-19-9-8-10-21(14-19)28-29(26,27)7-2/h8-14,18H,6-7,15H2,1-5H3,(H,23,25)/t18-/m1/s1. The molecule has 0 aliphatic heterocycles. The van der Waals surface area contributed by atoms with Crippen molar-refractivity contribution in [1.82, 2.24) is 4.90 Å². The third kappa shape index (κ3) is 6.49. The molecule has 0 saturated heterocycles. The maximum Gasteiger partial charge on any atom is 0.322 e. The first-order valence-corrected chi connectivity index (χ1v) is 11.4. The van der Waals surface area contributed by atoms with Crippen molar-refractivity contribution in [2.24, 2.45) is 0 Å². The lowest BCUT2D eigenvalue weighted by atomic mass is 10.1. The van der Waals surface area contributed by atoms with Gasteiger partial charge < -0.3 is 14.4 Å². The van der Waals surface area contributed by atoms with E-state index < -0.39 is 10.1 Å². The van der Waals surface area contributed by atoms with Crippen molar-refractivity contribution in [3.05, 3.63) is 59.2 Å². The van der Waals surface area contributed by atoms with Crippen LogP contribution in [-0.2, 0) is 16.7 Å². The Kier molecular flexibility index (Phi) is 7.67. The van der Waals surface area contributed by atoms with Crippen LogP contribution in [0.2, 0.25) is 0 Å². The van der Waals surface area contributed by atoms with Gasteiger partial charge in [0.2, 0.25) is 0 Å². The number of rotatable bonds is 8. The zero-order valence-corrected chi connectivity index (χ0v) is 18.5. The van der Waals surface area contributed by atoms with Gasteiger partial charge in [0.1, 0.15) is 5.75 Å². The van der Waals surface area contributed by atoms with Crippen LogP contribution in [0, 0.1) is 13.8 Å². The highest BCUT2D eigenvalue weighted by Crippen LogP contribution is 2.20. The van der Waals surface area contributed by atoms with Crippen LogP contribution in [0.5, 0.6) is 5.75 Å². The first-order chi connectivity index (χ1) is 13.6. The number of carbonyl (C=O) groups is 1. The van der Waals surface area contributed by atoms with Gasteiger partial charge in [0.15, 0.2) is 0 Å². The second-order valence-electron chi connectivity index (χ2n) is 7.19. The molecule has 0 fully saturated rings. The molecule has 0 heterocycles. The lowest BCUT2D eigenvalue weighted by Gasteiger charge is -2.29. The van der Waals surface area contributed by atoms with Crippen molar-refractivity contribution in [3.8, 4) is 5.75 Å². The SMILES string of the molecule is CC[C@@H](C)N(Cc1cccc(OS(=O)(=O)CC)c1)C(=O)Nc1ccc(C)c(C)c1. The Labute approximate surface area is 174 Å². The van der Waals surface area contributed by atoms with Gasteiger partial charge in [0.05, 0.1) is 5.75 Å². The van der Waals surface area contributed by atoms with Crippen molar-refractivity contribution in [2.45, 2.75) is 53.6 Å². The highest BCUT2D eigenvalue weighted by Gasteiger charge is 2.20. The summed E-state index contributed by atoms with van der Waals surface area (Å²) < 4.78 is 28.5. The number of nitrogens with one attached hydrogen (secondary N) is 1. The van der Waals surface area contributed by atoms with Crippen molar-refractivity contribution in [1.29, 1.82) is 0 Å². The smallest absolute Gasteiger partial charge is 0.322 e. The minimum absolute atomic E-state index is 0.00509. The van der Waals surface area contributed by atoms with Crippen LogP contribution in [0.4, 0.5) is 10.5 Å². The minimum Gasteiger partial charge on any atom is -0.382 e. The fourth-order valence-corrected chi connectivity index (χ4v) is 3.28. The van der Waals surface area contributed by atoms with Crippen molar-refractivity contribution in [3.63, 3.8) is 0 Å². The van der Waals surface area contributed by atoms with Crippen molar-refractivity contribution in [2.75, 3.05) is 11.1 Å². The van der Waals surface area contributed by atoms with Gasteiger partial charge in [0, 0.05) is 18.3 Å². The van der Waals surface area contributed by atoms with Crippen LogP contribution in [-0.4, -0.2) is 31.1 Å². The fraction of sp³-hybridized carbons (Fsp3) is 0.409. The summed E-state index contributed by atoms with van der Waals surface area (Å²) >= 11 is 0. The number of urea groups is 1. The van der Waals surface area contributed by atoms with E-state index in [-0.39, 0.29) is 23.6 Å². The summed E-state index contributed by atoms with van der Waals surface area (Å²) in [6, 6.07) is 12.5. The normalized spacial score (nSPS) is 12.3.